The van der Waals surface area contributed by atoms with Crippen molar-refractivity contribution in [1.29, 1.82) is 0 Å². The summed E-state index contributed by atoms with van der Waals surface area (Å²) in [6.45, 7) is 1.43. The van der Waals surface area contributed by atoms with E-state index in [2.05, 4.69) is 23.4 Å². The van der Waals surface area contributed by atoms with E-state index in [1.54, 1.807) is 48.5 Å². The lowest BCUT2D eigenvalue weighted by molar-refractivity contribution is -0.114. The summed E-state index contributed by atoms with van der Waals surface area (Å²) in [4.78, 5) is 23.1. The first-order valence-electron chi connectivity index (χ1n) is 6.39. The van der Waals surface area contributed by atoms with Crippen molar-refractivity contribution in [3.05, 3.63) is 53.6 Å². The third-order valence-electron chi connectivity index (χ3n) is 2.70. The van der Waals surface area contributed by atoms with Gasteiger partial charge in [0, 0.05) is 23.3 Å². The highest BCUT2D eigenvalue weighted by Gasteiger charge is 2.12. The highest BCUT2D eigenvalue weighted by molar-refractivity contribution is 7.82. The van der Waals surface area contributed by atoms with Crippen molar-refractivity contribution in [3.8, 4) is 0 Å². The number of benzene rings is 2. The molecule has 0 radical (unpaired) electrons. The molecule has 2 rings (SSSR count). The fourth-order valence-electron chi connectivity index (χ4n) is 1.74. The maximum Gasteiger partial charge on any atom is 0.336 e. The number of halogens is 1. The number of thiol groups is 1. The number of nitrogens with zero attached hydrogens (tertiary/aromatic N) is 1. The third-order valence-corrected chi connectivity index (χ3v) is 3.35. The van der Waals surface area contributed by atoms with E-state index in [-0.39, 0.29) is 5.91 Å². The molecule has 5 nitrogen and oxygen atoms in total. The first-order valence-corrected chi connectivity index (χ1v) is 7.17. The van der Waals surface area contributed by atoms with Gasteiger partial charge in [0.15, 0.2) is 0 Å². The van der Waals surface area contributed by atoms with Crippen LogP contribution in [-0.4, -0.2) is 11.9 Å². The second kappa shape index (κ2) is 7.20. The Morgan fingerprint density at radius 2 is 1.64 bits per heavy atom. The van der Waals surface area contributed by atoms with E-state index in [1.807, 2.05) is 0 Å². The zero-order valence-electron chi connectivity index (χ0n) is 11.7. The molecule has 22 heavy (non-hydrogen) atoms. The van der Waals surface area contributed by atoms with Crippen LogP contribution in [0, 0.1) is 0 Å². The molecule has 7 heteroatoms. The molecule has 0 saturated heterocycles. The Labute approximate surface area is 138 Å². The van der Waals surface area contributed by atoms with Crippen molar-refractivity contribution in [2.24, 2.45) is 0 Å². The number of anilines is 3. The van der Waals surface area contributed by atoms with Gasteiger partial charge in [0.1, 0.15) is 0 Å². The molecule has 2 aromatic carbocycles. The topological polar surface area (TPSA) is 61.4 Å². The maximum atomic E-state index is 12.1. The third kappa shape index (κ3) is 4.41. The van der Waals surface area contributed by atoms with E-state index in [1.165, 1.54) is 6.92 Å². The zero-order chi connectivity index (χ0) is 16.1. The Hall–Kier alpha value is -2.18. The average Bonchev–Trinajstić information content (AvgIpc) is 2.48. The van der Waals surface area contributed by atoms with E-state index < -0.39 is 6.03 Å². The van der Waals surface area contributed by atoms with Crippen LogP contribution in [0.3, 0.4) is 0 Å². The van der Waals surface area contributed by atoms with Crippen LogP contribution in [0.4, 0.5) is 21.9 Å². The molecule has 0 aliphatic carbocycles. The molecular weight excluding hydrogens is 322 g/mol. The van der Waals surface area contributed by atoms with Crippen molar-refractivity contribution < 1.29 is 9.59 Å². The van der Waals surface area contributed by atoms with E-state index >= 15 is 0 Å². The summed E-state index contributed by atoms with van der Waals surface area (Å²) in [6.07, 6.45) is 0. The molecule has 3 amide bonds. The molecule has 0 spiro atoms. The van der Waals surface area contributed by atoms with Gasteiger partial charge in [0.2, 0.25) is 5.91 Å². The number of hydrogen-bond acceptors (Lipinski definition) is 3. The van der Waals surface area contributed by atoms with Crippen LogP contribution < -0.4 is 14.9 Å². The van der Waals surface area contributed by atoms with Gasteiger partial charge in [0.25, 0.3) is 0 Å². The molecule has 0 saturated carbocycles. The fraction of sp³-hybridized carbons (Fsp3) is 0.0667. The van der Waals surface area contributed by atoms with Gasteiger partial charge >= 0.3 is 6.03 Å². The summed E-state index contributed by atoms with van der Waals surface area (Å²) in [5, 5.41) is 5.86. The number of rotatable bonds is 3. The predicted molar refractivity (Wildman–Crippen MR) is 92.7 cm³/mol. The van der Waals surface area contributed by atoms with Crippen molar-refractivity contribution in [2.45, 2.75) is 6.92 Å². The molecule has 0 atom stereocenters. The fourth-order valence-corrected chi connectivity index (χ4v) is 2.10. The van der Waals surface area contributed by atoms with Gasteiger partial charge in [-0.1, -0.05) is 30.5 Å². The molecule has 0 fully saturated rings. The van der Waals surface area contributed by atoms with Gasteiger partial charge in [-0.2, -0.15) is 0 Å². The SMILES string of the molecule is CC(=O)Nc1ccc(NC(=O)N(S)c2cccc(Cl)c2)cc1. The molecule has 0 aliphatic heterocycles. The lowest BCUT2D eigenvalue weighted by atomic mass is 10.3. The Morgan fingerprint density at radius 3 is 2.18 bits per heavy atom. The summed E-state index contributed by atoms with van der Waals surface area (Å²) in [5.41, 5.74) is 1.80. The molecule has 0 aliphatic rings. The average molecular weight is 336 g/mol. The second-order valence-corrected chi connectivity index (χ2v) is 5.32. The highest BCUT2D eigenvalue weighted by Crippen LogP contribution is 2.22. The smallest absolute Gasteiger partial charge is 0.326 e. The summed E-state index contributed by atoms with van der Waals surface area (Å²) in [5.74, 6) is -0.153. The number of carbonyl (C=O) groups is 2. The van der Waals surface area contributed by atoms with E-state index in [0.717, 1.165) is 4.31 Å². The summed E-state index contributed by atoms with van der Waals surface area (Å²) in [6, 6.07) is 13.1. The quantitative estimate of drug-likeness (QED) is 0.737. The summed E-state index contributed by atoms with van der Waals surface area (Å²) in [7, 11) is 0. The van der Waals surface area contributed by atoms with Gasteiger partial charge in [-0.25, -0.2) is 9.10 Å². The van der Waals surface area contributed by atoms with Crippen LogP contribution in [0.2, 0.25) is 5.02 Å². The molecule has 2 aromatic rings. The Morgan fingerprint density at radius 1 is 1.05 bits per heavy atom. The Balaban J connectivity index is 2.03. The van der Waals surface area contributed by atoms with Gasteiger partial charge in [0.05, 0.1) is 5.69 Å². The maximum absolute atomic E-state index is 12.1. The molecular formula is C15H14ClN3O2S. The van der Waals surface area contributed by atoms with Gasteiger partial charge in [-0.3, -0.25) is 4.79 Å². The Kier molecular flexibility index (Phi) is 5.30. The molecule has 0 heterocycles. The van der Waals surface area contributed by atoms with Gasteiger partial charge < -0.3 is 10.6 Å². The monoisotopic (exact) mass is 335 g/mol. The summed E-state index contributed by atoms with van der Waals surface area (Å²) >= 11 is 10.0. The van der Waals surface area contributed by atoms with Gasteiger partial charge in [-0.15, -0.1) is 0 Å². The van der Waals surface area contributed by atoms with Gasteiger partial charge in [-0.05, 0) is 42.5 Å². The lowest BCUT2D eigenvalue weighted by Crippen LogP contribution is -2.26. The number of amides is 3. The van der Waals surface area contributed by atoms with Crippen LogP contribution in [-0.2, 0) is 4.79 Å². The van der Waals surface area contributed by atoms with Crippen LogP contribution >= 0.6 is 24.4 Å². The molecule has 114 valence electrons. The van der Waals surface area contributed by atoms with Crippen LogP contribution in [0.1, 0.15) is 6.92 Å². The molecule has 0 unspecified atom stereocenters. The standard InChI is InChI=1S/C15H14ClN3O2S/c1-10(20)17-12-5-7-13(8-6-12)18-15(21)19(22)14-4-2-3-11(16)9-14/h2-9,22H,1H3,(H,17,20)(H,18,21). The Bertz CT molecular complexity index is 691. The number of hydrogen-bond donors (Lipinski definition) is 3. The summed E-state index contributed by atoms with van der Waals surface area (Å²) < 4.78 is 1.16. The molecule has 0 aromatic heterocycles. The van der Waals surface area contributed by atoms with Crippen molar-refractivity contribution in [3.63, 3.8) is 0 Å². The first-order chi connectivity index (χ1) is 10.5. The minimum Gasteiger partial charge on any atom is -0.326 e. The lowest BCUT2D eigenvalue weighted by Gasteiger charge is -2.17. The van der Waals surface area contributed by atoms with Crippen molar-refractivity contribution in [2.75, 3.05) is 14.9 Å². The van der Waals surface area contributed by atoms with Crippen LogP contribution in [0.15, 0.2) is 48.5 Å². The number of nitrogens with one attached hydrogen (secondary N) is 2. The first kappa shape index (κ1) is 16.2. The van der Waals surface area contributed by atoms with Crippen molar-refractivity contribution in [1.82, 2.24) is 0 Å². The predicted octanol–water partition coefficient (Wildman–Crippen LogP) is 4.18. The highest BCUT2D eigenvalue weighted by atomic mass is 35.5. The van der Waals surface area contributed by atoms with Crippen LogP contribution in [0.25, 0.3) is 0 Å². The number of urea groups is 1. The van der Waals surface area contributed by atoms with Crippen LogP contribution in [0.5, 0.6) is 0 Å². The minimum absolute atomic E-state index is 0.153. The normalized spacial score (nSPS) is 9.95. The zero-order valence-corrected chi connectivity index (χ0v) is 13.4. The minimum atomic E-state index is -0.419. The van der Waals surface area contributed by atoms with E-state index in [0.29, 0.717) is 22.1 Å². The van der Waals surface area contributed by atoms with E-state index in [9.17, 15) is 9.59 Å². The number of carbonyl (C=O) groups excluding carboxylic acids is 2. The van der Waals surface area contributed by atoms with Crippen molar-refractivity contribution >= 4 is 53.4 Å². The molecule has 0 bridgehead atoms. The van der Waals surface area contributed by atoms with E-state index in [4.69, 9.17) is 11.6 Å². The molecule has 2 N–H and O–H groups in total. The second-order valence-electron chi connectivity index (χ2n) is 4.48. The largest absolute Gasteiger partial charge is 0.336 e.